The normalized spacial score (nSPS) is 16.1. The number of nitrogens with zero attached hydrogens (tertiary/aromatic N) is 4. The number of esters is 2. The van der Waals surface area contributed by atoms with Gasteiger partial charge in [0.05, 0.1) is 24.1 Å². The van der Waals surface area contributed by atoms with Gasteiger partial charge in [-0.2, -0.15) is 0 Å². The molecule has 0 aromatic heterocycles. The number of alkyl halides is 1. The predicted molar refractivity (Wildman–Crippen MR) is 196 cm³/mol. The number of nitro benzene ring substituents is 2. The largest absolute Gasteiger partial charge is 0.502 e. The van der Waals surface area contributed by atoms with Crippen LogP contribution in [0.25, 0.3) is 12.2 Å². The van der Waals surface area contributed by atoms with Crippen LogP contribution >= 0.6 is 15.9 Å². The number of carbonyl (C=O) groups is 2. The molecule has 2 aliphatic heterocycles. The summed E-state index contributed by atoms with van der Waals surface area (Å²) in [5.41, 5.74) is 3.10. The van der Waals surface area contributed by atoms with E-state index in [1.54, 1.807) is 25.8 Å². The van der Waals surface area contributed by atoms with Crippen LogP contribution in [0.1, 0.15) is 36.8 Å². The highest BCUT2D eigenvalue weighted by molar-refractivity contribution is 9.09. The number of halogens is 1. The van der Waals surface area contributed by atoms with E-state index in [1.807, 2.05) is 21.8 Å². The molecule has 2 aliphatic rings. The summed E-state index contributed by atoms with van der Waals surface area (Å²) in [5.74, 6) is -1.16. The fourth-order valence-corrected chi connectivity index (χ4v) is 5.35. The molecular weight excluding hydrogens is 734 g/mol. The summed E-state index contributed by atoms with van der Waals surface area (Å²) in [6.07, 6.45) is 7.47. The molecule has 0 spiro atoms. The van der Waals surface area contributed by atoms with E-state index in [0.29, 0.717) is 24.2 Å². The lowest BCUT2D eigenvalue weighted by molar-refractivity contribution is -0.386. The van der Waals surface area contributed by atoms with Gasteiger partial charge in [-0.3, -0.25) is 25.0 Å². The van der Waals surface area contributed by atoms with Gasteiger partial charge >= 0.3 is 37.4 Å². The Balaban J connectivity index is 0.000000310. The van der Waals surface area contributed by atoms with E-state index in [1.165, 1.54) is 38.5 Å². The quantitative estimate of drug-likeness (QED) is 0.102. The molecule has 0 bridgehead atoms. The minimum absolute atomic E-state index is 0.0202. The Kier molecular flexibility index (Phi) is 18.3. The zero-order valence-corrected chi connectivity index (χ0v) is 30.6. The number of aromatic hydroxyl groups is 1. The van der Waals surface area contributed by atoms with Gasteiger partial charge in [-0.15, -0.1) is 0 Å². The van der Waals surface area contributed by atoms with Crippen molar-refractivity contribution in [1.29, 1.82) is 0 Å². The minimum Gasteiger partial charge on any atom is -0.502 e. The number of rotatable bonds is 10. The molecule has 276 valence electrons. The number of hydrogen-bond donors (Lipinski definition) is 3. The van der Waals surface area contributed by atoms with Crippen molar-refractivity contribution in [3.63, 3.8) is 0 Å². The average Bonchev–Trinajstić information content (AvgIpc) is 3.11. The predicted octanol–water partition coefficient (Wildman–Crippen LogP) is 4.18. The fraction of sp³-hybridized carbons (Fsp3) is 0.438. The SMILES string of the molecule is CB(O)N1CCCC(=Cc2ccc(O)c([N+](=O)[O-])c2)C1.COC(=O)CBr.COC(=O)COc1ccc(C=C2CCCN(B(C)O)C2)cc1[N+](=O)[O-]. The molecule has 0 atom stereocenters. The Bertz CT molecular complexity index is 1570. The number of nitro groups is 2. The number of hydrogen-bond acceptors (Lipinski definition) is 14. The molecule has 0 saturated carbocycles. The van der Waals surface area contributed by atoms with Crippen LogP contribution in [0, 0.1) is 20.2 Å². The number of methoxy groups -OCH3 is 2. The maximum atomic E-state index is 11.3. The zero-order chi connectivity index (χ0) is 38.1. The van der Waals surface area contributed by atoms with Crippen molar-refractivity contribution in [3.05, 3.63) is 78.9 Å². The van der Waals surface area contributed by atoms with E-state index in [4.69, 9.17) is 4.74 Å². The molecule has 0 amide bonds. The van der Waals surface area contributed by atoms with Crippen molar-refractivity contribution in [2.45, 2.75) is 39.3 Å². The van der Waals surface area contributed by atoms with Gasteiger partial charge in [0.25, 0.3) is 0 Å². The summed E-state index contributed by atoms with van der Waals surface area (Å²) in [6, 6.07) is 8.94. The molecule has 2 aromatic carbocycles. The Hall–Kier alpha value is -4.29. The van der Waals surface area contributed by atoms with E-state index >= 15 is 0 Å². The molecule has 0 aliphatic carbocycles. The van der Waals surface area contributed by atoms with Crippen LogP contribution in [0.4, 0.5) is 11.4 Å². The van der Waals surface area contributed by atoms with Crippen molar-refractivity contribution in [2.75, 3.05) is 52.3 Å². The fourth-order valence-electron chi connectivity index (χ4n) is 5.12. The molecule has 2 saturated heterocycles. The Morgan fingerprint density at radius 1 is 0.843 bits per heavy atom. The van der Waals surface area contributed by atoms with E-state index in [9.17, 15) is 45.0 Å². The van der Waals surface area contributed by atoms with Gasteiger partial charge in [0.2, 0.25) is 0 Å². The Labute approximate surface area is 305 Å². The van der Waals surface area contributed by atoms with Crippen molar-refractivity contribution < 1.29 is 48.8 Å². The molecule has 0 radical (unpaired) electrons. The highest BCUT2D eigenvalue weighted by atomic mass is 79.9. The third-order valence-corrected chi connectivity index (χ3v) is 8.24. The minimum atomic E-state index is -0.610. The first kappa shape index (κ1) is 42.9. The maximum absolute atomic E-state index is 11.3. The highest BCUT2D eigenvalue weighted by Crippen LogP contribution is 2.30. The summed E-state index contributed by atoms with van der Waals surface area (Å²) in [4.78, 5) is 45.9. The monoisotopic (exact) mass is 776 g/mol. The smallest absolute Gasteiger partial charge is 0.376 e. The van der Waals surface area contributed by atoms with Crippen molar-refractivity contribution in [3.8, 4) is 11.5 Å². The van der Waals surface area contributed by atoms with E-state index in [-0.39, 0.29) is 40.8 Å². The number of phenolic OH excluding ortho intramolecular Hbond substituents is 1. The molecule has 19 heteroatoms. The summed E-state index contributed by atoms with van der Waals surface area (Å²) < 4.78 is 13.8. The lowest BCUT2D eigenvalue weighted by Gasteiger charge is -2.29. The van der Waals surface area contributed by atoms with Crippen molar-refractivity contribution >= 4 is 65.5 Å². The first-order valence-electron chi connectivity index (χ1n) is 16.0. The van der Waals surface area contributed by atoms with Gasteiger partial charge in [-0.05, 0) is 75.7 Å². The highest BCUT2D eigenvalue weighted by Gasteiger charge is 2.23. The molecule has 16 nitrogen and oxygen atoms in total. The van der Waals surface area contributed by atoms with Crippen LogP contribution in [0.3, 0.4) is 0 Å². The molecule has 0 unspecified atom stereocenters. The lowest BCUT2D eigenvalue weighted by Crippen LogP contribution is -2.41. The Morgan fingerprint density at radius 2 is 1.31 bits per heavy atom. The van der Waals surface area contributed by atoms with Crippen LogP contribution in [0.2, 0.25) is 13.6 Å². The van der Waals surface area contributed by atoms with Crippen LogP contribution in [0.15, 0.2) is 47.5 Å². The number of ether oxygens (including phenoxy) is 3. The van der Waals surface area contributed by atoms with Crippen molar-refractivity contribution in [2.24, 2.45) is 0 Å². The summed E-state index contributed by atoms with van der Waals surface area (Å²) in [5, 5.41) is 51.0. The zero-order valence-electron chi connectivity index (χ0n) is 29.0. The molecule has 4 rings (SSSR count). The first-order valence-corrected chi connectivity index (χ1v) is 17.1. The topological polar surface area (TPSA) is 215 Å². The molecule has 2 heterocycles. The van der Waals surface area contributed by atoms with Crippen molar-refractivity contribution in [1.82, 2.24) is 9.62 Å². The molecule has 3 N–H and O–H groups in total. The van der Waals surface area contributed by atoms with Gasteiger partial charge in [0.15, 0.2) is 18.1 Å². The van der Waals surface area contributed by atoms with Gasteiger partial charge in [0.1, 0.15) is 5.33 Å². The van der Waals surface area contributed by atoms with E-state index < -0.39 is 29.9 Å². The van der Waals surface area contributed by atoms with Crippen LogP contribution in [-0.2, 0) is 19.1 Å². The maximum Gasteiger partial charge on any atom is 0.376 e. The third-order valence-electron chi connectivity index (χ3n) is 7.78. The second-order valence-electron chi connectivity index (χ2n) is 11.6. The summed E-state index contributed by atoms with van der Waals surface area (Å²) in [7, 11) is 1.56. The molecule has 2 fully saturated rings. The summed E-state index contributed by atoms with van der Waals surface area (Å²) >= 11 is 2.90. The molecule has 51 heavy (non-hydrogen) atoms. The second-order valence-corrected chi connectivity index (χ2v) is 12.1. The van der Waals surface area contributed by atoms with Crippen LogP contribution < -0.4 is 4.74 Å². The first-order chi connectivity index (χ1) is 24.2. The number of piperidine rings is 2. The van der Waals surface area contributed by atoms with Gasteiger partial charge in [0, 0.05) is 25.2 Å². The van der Waals surface area contributed by atoms with Crippen LogP contribution in [-0.4, -0.2) is 113 Å². The second kappa shape index (κ2) is 21.8. The third kappa shape index (κ3) is 14.8. The van der Waals surface area contributed by atoms with Gasteiger partial charge in [-0.1, -0.05) is 51.4 Å². The van der Waals surface area contributed by atoms with Gasteiger partial charge in [-0.25, -0.2) is 4.79 Å². The van der Waals surface area contributed by atoms with E-state index in [0.717, 1.165) is 49.9 Å². The summed E-state index contributed by atoms with van der Waals surface area (Å²) in [6.45, 7) is 6.04. The average molecular weight is 777 g/mol. The van der Waals surface area contributed by atoms with E-state index in [2.05, 4.69) is 25.4 Å². The standard InChI is InChI=1S/C16H21BN2O6.C13H17BN2O4.C3H5BrO2/c1-17(21)18-7-3-4-13(10-18)8-12-5-6-15(14(9-12)19(22)23)25-11-16(20)24-2;1-14(18)15-6-2-3-11(9-15)7-10-4-5-13(17)12(8-10)16(19)20;1-6-3(5)2-4/h5-6,8-9,21H,3-4,7,10-11H2,1-2H3;4-5,7-8,17-18H,2-3,6,9H2,1H3;2H2,1H3. The van der Waals surface area contributed by atoms with Crippen LogP contribution in [0.5, 0.6) is 11.5 Å². The number of carbonyl (C=O) groups excluding carboxylic acids is 2. The Morgan fingerprint density at radius 3 is 1.73 bits per heavy atom. The number of benzene rings is 2. The molecule has 2 aromatic rings. The number of phenols is 1. The molecular formula is C32H43B2BrN4O12. The lowest BCUT2D eigenvalue weighted by atomic mass is 9.82. The van der Waals surface area contributed by atoms with Gasteiger partial charge < -0.3 is 39.0 Å².